The predicted molar refractivity (Wildman–Crippen MR) is 163 cm³/mol. The topological polar surface area (TPSA) is 319 Å². The van der Waals surface area contributed by atoms with E-state index in [1.54, 1.807) is 4.72 Å². The van der Waals surface area contributed by atoms with Crippen LogP contribution >= 0.6 is 0 Å². The van der Waals surface area contributed by atoms with Crippen molar-refractivity contribution in [2.24, 2.45) is 0 Å². The highest BCUT2D eigenvalue weighted by atomic mass is 32.2. The van der Waals surface area contributed by atoms with Gasteiger partial charge in [0, 0.05) is 22.9 Å². The van der Waals surface area contributed by atoms with Crippen molar-refractivity contribution in [1.82, 2.24) is 0 Å². The van der Waals surface area contributed by atoms with E-state index in [2.05, 4.69) is 5.32 Å². The number of non-ortho nitro benzene ring substituents is 1. The fourth-order valence-electron chi connectivity index (χ4n) is 4.47. The zero-order valence-electron chi connectivity index (χ0n) is 23.5. The van der Waals surface area contributed by atoms with Crippen LogP contribution in [0, 0.1) is 17.0 Å². The number of amides is 1. The van der Waals surface area contributed by atoms with Gasteiger partial charge in [0.1, 0.15) is 14.7 Å². The van der Waals surface area contributed by atoms with Crippen molar-refractivity contribution in [1.29, 1.82) is 0 Å². The summed E-state index contributed by atoms with van der Waals surface area (Å²) in [6, 6.07) is 7.48. The molecule has 0 unspecified atom stereocenters. The molecule has 0 fully saturated rings. The largest absolute Gasteiger partial charge is 0.478 e. The first-order valence-corrected chi connectivity index (χ1v) is 18.2. The third-order valence-electron chi connectivity index (χ3n) is 6.55. The molecule has 0 saturated heterocycles. The van der Waals surface area contributed by atoms with Crippen LogP contribution in [0.3, 0.4) is 0 Å². The smallest absolute Gasteiger partial charge is 0.337 e. The number of carboxylic acid groups (broad SMARTS) is 1. The van der Waals surface area contributed by atoms with Gasteiger partial charge in [-0.3, -0.25) is 33.3 Å². The Kier molecular flexibility index (Phi) is 9.10. The van der Waals surface area contributed by atoms with Gasteiger partial charge in [0.15, 0.2) is 0 Å². The number of hydrogen-bond donors (Lipinski definition) is 6. The second-order valence-electron chi connectivity index (χ2n) is 9.68. The molecule has 0 aliphatic rings. The molecule has 0 radical (unpaired) electrons. The fraction of sp³-hybridized carbons (Fsp3) is 0.0400. The van der Waals surface area contributed by atoms with Gasteiger partial charge in [0.2, 0.25) is 0 Å². The van der Waals surface area contributed by atoms with E-state index in [-0.39, 0.29) is 17.3 Å². The van der Waals surface area contributed by atoms with E-state index in [1.165, 1.54) is 13.0 Å². The van der Waals surface area contributed by atoms with E-state index in [0.717, 1.165) is 30.3 Å². The van der Waals surface area contributed by atoms with Crippen LogP contribution in [0.4, 0.5) is 17.1 Å². The van der Waals surface area contributed by atoms with Crippen molar-refractivity contribution in [2.75, 3.05) is 10.0 Å². The molecule has 0 bridgehead atoms. The number of anilines is 2. The van der Waals surface area contributed by atoms with Gasteiger partial charge in [0.05, 0.1) is 32.3 Å². The summed E-state index contributed by atoms with van der Waals surface area (Å²) >= 11 is 0. The molecule has 48 heavy (non-hydrogen) atoms. The molecule has 0 atom stereocenters. The average Bonchev–Trinajstić information content (AvgIpc) is 2.95. The lowest BCUT2D eigenvalue weighted by atomic mass is 10.1. The molecular formula is C25H19N3O16S4. The van der Waals surface area contributed by atoms with E-state index in [9.17, 15) is 72.1 Å². The molecule has 0 aliphatic carbocycles. The Morgan fingerprint density at radius 1 is 0.750 bits per heavy atom. The maximum Gasteiger partial charge on any atom is 0.337 e. The molecule has 6 N–H and O–H groups in total. The number of sulfonamides is 1. The lowest BCUT2D eigenvalue weighted by Crippen LogP contribution is -2.24. The number of nitro benzene ring substituents is 1. The fourth-order valence-corrected chi connectivity index (χ4v) is 7.97. The van der Waals surface area contributed by atoms with Crippen LogP contribution in [-0.4, -0.2) is 69.2 Å². The third kappa shape index (κ3) is 7.10. The molecule has 19 nitrogen and oxygen atoms in total. The zero-order valence-corrected chi connectivity index (χ0v) is 26.8. The molecule has 4 aromatic carbocycles. The van der Waals surface area contributed by atoms with Crippen LogP contribution in [0.2, 0.25) is 0 Å². The molecule has 1 amide bonds. The van der Waals surface area contributed by atoms with Crippen molar-refractivity contribution < 1.29 is 66.9 Å². The molecule has 0 spiro atoms. The van der Waals surface area contributed by atoms with Crippen molar-refractivity contribution in [3.63, 3.8) is 0 Å². The van der Waals surface area contributed by atoms with E-state index in [0.29, 0.717) is 18.2 Å². The summed E-state index contributed by atoms with van der Waals surface area (Å²) in [5.41, 5.74) is -3.17. The number of rotatable bonds is 10. The number of fused-ring (bicyclic) bond motifs is 1. The predicted octanol–water partition coefficient (Wildman–Crippen LogP) is 2.55. The van der Waals surface area contributed by atoms with Crippen LogP contribution in [0.5, 0.6) is 0 Å². The number of aromatic carboxylic acids is 1. The molecule has 4 aromatic rings. The number of nitrogens with one attached hydrogen (secondary N) is 2. The number of hydrogen-bond acceptors (Lipinski definition) is 12. The van der Waals surface area contributed by atoms with Gasteiger partial charge >= 0.3 is 5.97 Å². The Hall–Kier alpha value is -5.04. The molecule has 0 heterocycles. The van der Waals surface area contributed by atoms with Crippen LogP contribution in [0.25, 0.3) is 10.8 Å². The van der Waals surface area contributed by atoms with Gasteiger partial charge in [0.25, 0.3) is 52.0 Å². The number of nitrogens with zero attached hydrogens (tertiary/aromatic N) is 1. The van der Waals surface area contributed by atoms with E-state index in [1.807, 2.05) is 0 Å². The Morgan fingerprint density at radius 2 is 1.35 bits per heavy atom. The van der Waals surface area contributed by atoms with Crippen molar-refractivity contribution in [3.8, 4) is 0 Å². The maximum atomic E-state index is 13.9. The van der Waals surface area contributed by atoms with Crippen LogP contribution in [0.15, 0.2) is 80.2 Å². The molecule has 0 aliphatic heterocycles. The standard InChI is InChI=1S/C25H19N3O16S4/c1-12-5-6-13(28(32)33)9-19(12)26-24(29)15-3-2-4-16(25(30)31)23(15)45(34,35)27-18-7-8-20(47(39,40)41)17-10-14(46(36,37)38)11-21(22(17)18)48(42,43)44/h2-11,27H,1H3,(H,26,29)(H,30,31)(H,36,37,38)(H,39,40,41)(H,42,43,44). The number of carbonyl (C=O) groups is 2. The van der Waals surface area contributed by atoms with Gasteiger partial charge in [-0.25, -0.2) is 13.2 Å². The van der Waals surface area contributed by atoms with E-state index >= 15 is 0 Å². The normalized spacial score (nSPS) is 12.4. The van der Waals surface area contributed by atoms with Gasteiger partial charge in [-0.05, 0) is 48.9 Å². The van der Waals surface area contributed by atoms with Crippen LogP contribution < -0.4 is 10.0 Å². The summed E-state index contributed by atoms with van der Waals surface area (Å²) in [6.45, 7) is 1.44. The molecular weight excluding hydrogens is 727 g/mol. The highest BCUT2D eigenvalue weighted by molar-refractivity contribution is 7.93. The number of carboxylic acids is 1. The van der Waals surface area contributed by atoms with Gasteiger partial charge in [-0.1, -0.05) is 12.1 Å². The quantitative estimate of drug-likeness (QED) is 0.0771. The van der Waals surface area contributed by atoms with Gasteiger partial charge < -0.3 is 10.4 Å². The second kappa shape index (κ2) is 12.2. The molecule has 0 saturated carbocycles. The zero-order chi connectivity index (χ0) is 36.1. The highest BCUT2D eigenvalue weighted by Crippen LogP contribution is 2.38. The molecule has 0 aromatic heterocycles. The minimum absolute atomic E-state index is 0.143. The third-order valence-corrected chi connectivity index (χ3v) is 10.6. The van der Waals surface area contributed by atoms with E-state index < -0.39 is 110 Å². The maximum absolute atomic E-state index is 13.9. The Morgan fingerprint density at radius 3 is 1.90 bits per heavy atom. The molecule has 4 rings (SSSR count). The number of carbonyl (C=O) groups excluding carboxylic acids is 1. The van der Waals surface area contributed by atoms with Crippen LogP contribution in [-0.2, 0) is 40.4 Å². The second-order valence-corrected chi connectivity index (χ2v) is 15.5. The van der Waals surface area contributed by atoms with Crippen molar-refractivity contribution in [2.45, 2.75) is 26.5 Å². The Labute approximate surface area is 270 Å². The summed E-state index contributed by atoms with van der Waals surface area (Å²) in [5, 5.41) is 21.1. The number of nitro groups is 1. The first kappa shape index (κ1) is 35.8. The minimum atomic E-state index is -5.60. The van der Waals surface area contributed by atoms with E-state index in [4.69, 9.17) is 0 Å². The SMILES string of the molecule is Cc1ccc([N+](=O)[O-])cc1NC(=O)c1cccc(C(=O)O)c1S(=O)(=O)Nc1ccc(S(=O)(=O)O)c2cc(S(=O)(=O)O)cc(S(=O)(=O)O)c12. The number of benzene rings is 4. The summed E-state index contributed by atoms with van der Waals surface area (Å²) in [6.07, 6.45) is 0. The highest BCUT2D eigenvalue weighted by Gasteiger charge is 2.32. The molecule has 254 valence electrons. The number of aryl methyl sites for hydroxylation is 1. The lowest BCUT2D eigenvalue weighted by molar-refractivity contribution is -0.384. The molecule has 23 heteroatoms. The van der Waals surface area contributed by atoms with Crippen LogP contribution in [0.1, 0.15) is 26.3 Å². The summed E-state index contributed by atoms with van der Waals surface area (Å²) < 4.78 is 131. The van der Waals surface area contributed by atoms with Crippen molar-refractivity contribution in [3.05, 3.63) is 87.5 Å². The summed E-state index contributed by atoms with van der Waals surface area (Å²) in [7, 11) is -21.7. The first-order valence-electron chi connectivity index (χ1n) is 12.4. The lowest BCUT2D eigenvalue weighted by Gasteiger charge is -2.18. The first-order chi connectivity index (χ1) is 21.9. The van der Waals surface area contributed by atoms with Crippen molar-refractivity contribution >= 4 is 80.1 Å². The summed E-state index contributed by atoms with van der Waals surface area (Å²) in [5.74, 6) is -3.18. The Balaban J connectivity index is 2.01. The Bertz CT molecular complexity index is 2530. The minimum Gasteiger partial charge on any atom is -0.478 e. The summed E-state index contributed by atoms with van der Waals surface area (Å²) in [4.78, 5) is 30.7. The van der Waals surface area contributed by atoms with Gasteiger partial charge in [-0.15, -0.1) is 0 Å². The average molecular weight is 746 g/mol. The van der Waals surface area contributed by atoms with Gasteiger partial charge in [-0.2, -0.15) is 25.3 Å². The monoisotopic (exact) mass is 745 g/mol.